The standard InChI is InChI=1S/C25H21N3O8S/c1-3-35-24-14-17(9-12-23(24)36-37(32,33)20-7-5-4-6-8-20)13-18(16-26)25(29)27-21-11-10-19(34-2)15-22(21)28(30)31/h4-15H,3H2,1-2H3,(H,27,29)/b18-13+. The predicted molar refractivity (Wildman–Crippen MR) is 134 cm³/mol. The molecule has 190 valence electrons. The van der Waals surface area contributed by atoms with E-state index < -0.39 is 26.6 Å². The second-order valence-corrected chi connectivity index (χ2v) is 8.80. The molecule has 0 aliphatic heterocycles. The first-order valence-corrected chi connectivity index (χ1v) is 12.1. The van der Waals surface area contributed by atoms with E-state index in [1.807, 2.05) is 0 Å². The van der Waals surface area contributed by atoms with Gasteiger partial charge in [-0.05, 0) is 55.0 Å². The Hall–Kier alpha value is -4.89. The number of ether oxygens (including phenoxy) is 2. The van der Waals surface area contributed by atoms with Gasteiger partial charge >= 0.3 is 10.1 Å². The van der Waals surface area contributed by atoms with Gasteiger partial charge in [0.05, 0.1) is 24.7 Å². The van der Waals surface area contributed by atoms with Crippen LogP contribution in [-0.4, -0.2) is 33.0 Å². The van der Waals surface area contributed by atoms with Gasteiger partial charge in [0.2, 0.25) is 0 Å². The number of nitro groups is 1. The topological polar surface area (TPSA) is 158 Å². The summed E-state index contributed by atoms with van der Waals surface area (Å²) in [6, 6.07) is 17.3. The van der Waals surface area contributed by atoms with E-state index in [1.165, 1.54) is 55.7 Å². The molecule has 0 aliphatic rings. The highest BCUT2D eigenvalue weighted by Crippen LogP contribution is 2.32. The number of nitrogens with zero attached hydrogens (tertiary/aromatic N) is 2. The molecule has 0 unspecified atom stereocenters. The maximum atomic E-state index is 12.7. The summed E-state index contributed by atoms with van der Waals surface area (Å²) < 4.78 is 40.9. The molecule has 3 aromatic carbocycles. The lowest BCUT2D eigenvalue weighted by molar-refractivity contribution is -0.384. The van der Waals surface area contributed by atoms with Crippen molar-refractivity contribution >= 4 is 33.5 Å². The number of benzene rings is 3. The van der Waals surface area contributed by atoms with Crippen molar-refractivity contribution in [2.45, 2.75) is 11.8 Å². The summed E-state index contributed by atoms with van der Waals surface area (Å²) in [5, 5.41) is 23.3. The lowest BCUT2D eigenvalue weighted by Crippen LogP contribution is -2.14. The molecule has 0 radical (unpaired) electrons. The molecular formula is C25H21N3O8S. The summed E-state index contributed by atoms with van der Waals surface area (Å²) in [4.78, 5) is 23.3. The summed E-state index contributed by atoms with van der Waals surface area (Å²) in [5.41, 5.74) is -0.575. The monoisotopic (exact) mass is 523 g/mol. The molecule has 0 bridgehead atoms. The number of rotatable bonds is 10. The lowest BCUT2D eigenvalue weighted by Gasteiger charge is -2.13. The van der Waals surface area contributed by atoms with E-state index in [-0.39, 0.29) is 40.0 Å². The molecule has 0 aromatic heterocycles. The Balaban J connectivity index is 1.90. The summed E-state index contributed by atoms with van der Waals surface area (Å²) in [6.07, 6.45) is 1.22. The number of hydrogen-bond donors (Lipinski definition) is 1. The average Bonchev–Trinajstić information content (AvgIpc) is 2.89. The molecule has 3 rings (SSSR count). The van der Waals surface area contributed by atoms with E-state index in [1.54, 1.807) is 31.2 Å². The Labute approximate surface area is 212 Å². The first-order chi connectivity index (χ1) is 17.7. The molecule has 12 heteroatoms. The van der Waals surface area contributed by atoms with Gasteiger partial charge in [-0.15, -0.1) is 0 Å². The van der Waals surface area contributed by atoms with E-state index in [0.29, 0.717) is 5.56 Å². The Kier molecular flexibility index (Phi) is 8.44. The van der Waals surface area contributed by atoms with Crippen molar-refractivity contribution in [2.75, 3.05) is 19.0 Å². The van der Waals surface area contributed by atoms with Crippen molar-refractivity contribution in [1.29, 1.82) is 5.26 Å². The maximum absolute atomic E-state index is 12.7. The highest BCUT2D eigenvalue weighted by molar-refractivity contribution is 7.87. The molecule has 1 N–H and O–H groups in total. The molecule has 3 aromatic rings. The molecule has 0 aliphatic carbocycles. The predicted octanol–water partition coefficient (Wildman–Crippen LogP) is 4.32. The molecule has 0 heterocycles. The van der Waals surface area contributed by atoms with E-state index in [2.05, 4.69) is 5.32 Å². The molecule has 37 heavy (non-hydrogen) atoms. The zero-order valence-corrected chi connectivity index (χ0v) is 20.5. The molecule has 0 atom stereocenters. The molecule has 0 spiro atoms. The molecule has 1 amide bonds. The van der Waals surface area contributed by atoms with Gasteiger partial charge in [-0.3, -0.25) is 14.9 Å². The minimum atomic E-state index is -4.13. The number of anilines is 1. The third kappa shape index (κ3) is 6.62. The largest absolute Gasteiger partial charge is 0.496 e. The smallest absolute Gasteiger partial charge is 0.339 e. The fourth-order valence-corrected chi connectivity index (χ4v) is 4.07. The number of amides is 1. The number of methoxy groups -OCH3 is 1. The number of nitro benzene ring substituents is 1. The van der Waals surface area contributed by atoms with Crippen LogP contribution in [0.3, 0.4) is 0 Å². The number of nitriles is 1. The van der Waals surface area contributed by atoms with E-state index in [0.717, 1.165) is 6.07 Å². The van der Waals surface area contributed by atoms with E-state index in [4.69, 9.17) is 13.7 Å². The van der Waals surface area contributed by atoms with Gasteiger partial charge in [0, 0.05) is 0 Å². The van der Waals surface area contributed by atoms with Crippen LogP contribution in [0.5, 0.6) is 17.2 Å². The minimum Gasteiger partial charge on any atom is -0.496 e. The van der Waals surface area contributed by atoms with Crippen molar-refractivity contribution in [2.24, 2.45) is 0 Å². The fraction of sp³-hybridized carbons (Fsp3) is 0.120. The van der Waals surface area contributed by atoms with Crippen LogP contribution in [0.4, 0.5) is 11.4 Å². The molecule has 0 fully saturated rings. The second kappa shape index (κ2) is 11.7. The minimum absolute atomic E-state index is 0.0440. The third-order valence-electron chi connectivity index (χ3n) is 4.82. The van der Waals surface area contributed by atoms with Crippen molar-refractivity contribution in [3.63, 3.8) is 0 Å². The van der Waals surface area contributed by atoms with Gasteiger partial charge in [0.15, 0.2) is 11.5 Å². The normalized spacial score (nSPS) is 11.2. The highest BCUT2D eigenvalue weighted by Gasteiger charge is 2.21. The van der Waals surface area contributed by atoms with Gasteiger partial charge in [-0.1, -0.05) is 24.3 Å². The Morgan fingerprint density at radius 3 is 2.46 bits per heavy atom. The Morgan fingerprint density at radius 1 is 1.11 bits per heavy atom. The van der Waals surface area contributed by atoms with Crippen molar-refractivity contribution < 1.29 is 31.8 Å². The van der Waals surface area contributed by atoms with Crippen LogP contribution in [0.25, 0.3) is 6.08 Å². The van der Waals surface area contributed by atoms with Gasteiger partial charge in [0.1, 0.15) is 28.0 Å². The number of hydrogen-bond acceptors (Lipinski definition) is 9. The zero-order chi connectivity index (χ0) is 27.0. The highest BCUT2D eigenvalue weighted by atomic mass is 32.2. The Bertz CT molecular complexity index is 1500. The molecule has 11 nitrogen and oxygen atoms in total. The number of carbonyl (C=O) groups is 1. The summed E-state index contributed by atoms with van der Waals surface area (Å²) in [6.45, 7) is 1.87. The van der Waals surface area contributed by atoms with Crippen LogP contribution < -0.4 is 19.0 Å². The van der Waals surface area contributed by atoms with Crippen LogP contribution in [0.15, 0.2) is 77.2 Å². The van der Waals surface area contributed by atoms with Gasteiger partial charge in [-0.2, -0.15) is 13.7 Å². The maximum Gasteiger partial charge on any atom is 0.339 e. The SMILES string of the molecule is CCOc1cc(/C=C(\C#N)C(=O)Nc2ccc(OC)cc2[N+](=O)[O-])ccc1OS(=O)(=O)c1ccccc1. The number of carbonyl (C=O) groups excluding carboxylic acids is 1. The third-order valence-corrected chi connectivity index (χ3v) is 6.07. The van der Waals surface area contributed by atoms with Crippen molar-refractivity contribution in [3.8, 4) is 23.3 Å². The van der Waals surface area contributed by atoms with Crippen LogP contribution in [0, 0.1) is 21.4 Å². The summed E-state index contributed by atoms with van der Waals surface area (Å²) in [7, 11) is -2.79. The van der Waals surface area contributed by atoms with Crippen molar-refractivity contribution in [1.82, 2.24) is 0 Å². The van der Waals surface area contributed by atoms with E-state index in [9.17, 15) is 28.6 Å². The van der Waals surface area contributed by atoms with Gasteiger partial charge in [-0.25, -0.2) is 0 Å². The van der Waals surface area contributed by atoms with Gasteiger partial charge < -0.3 is 19.0 Å². The van der Waals surface area contributed by atoms with Crippen LogP contribution in [-0.2, 0) is 14.9 Å². The zero-order valence-electron chi connectivity index (χ0n) is 19.7. The molecule has 0 saturated carbocycles. The van der Waals surface area contributed by atoms with E-state index >= 15 is 0 Å². The fourth-order valence-electron chi connectivity index (χ4n) is 3.11. The number of nitrogens with one attached hydrogen (secondary N) is 1. The molecule has 0 saturated heterocycles. The Morgan fingerprint density at radius 2 is 1.84 bits per heavy atom. The first kappa shape index (κ1) is 26.7. The second-order valence-electron chi connectivity index (χ2n) is 7.25. The van der Waals surface area contributed by atoms with Crippen LogP contribution in [0.1, 0.15) is 12.5 Å². The van der Waals surface area contributed by atoms with Crippen LogP contribution >= 0.6 is 0 Å². The summed E-state index contributed by atoms with van der Waals surface area (Å²) in [5.74, 6) is -0.680. The first-order valence-electron chi connectivity index (χ1n) is 10.7. The lowest BCUT2D eigenvalue weighted by atomic mass is 10.1. The summed E-state index contributed by atoms with van der Waals surface area (Å²) >= 11 is 0. The average molecular weight is 524 g/mol. The molecular weight excluding hydrogens is 502 g/mol. The van der Waals surface area contributed by atoms with Gasteiger partial charge in [0.25, 0.3) is 11.6 Å². The quantitative estimate of drug-likeness (QED) is 0.134. The van der Waals surface area contributed by atoms with Crippen molar-refractivity contribution in [3.05, 3.63) is 88.0 Å². The van der Waals surface area contributed by atoms with Crippen LogP contribution in [0.2, 0.25) is 0 Å².